The molecular formula is C21H24ClN3O. The average molecular weight is 370 g/mol. The number of likely N-dealkylation sites (tertiary alicyclic amines) is 1. The van der Waals surface area contributed by atoms with Crippen LogP contribution in [-0.4, -0.2) is 29.6 Å². The summed E-state index contributed by atoms with van der Waals surface area (Å²) in [6.07, 6.45) is 1.72. The molecule has 0 aliphatic carbocycles. The molecular weight excluding hydrogens is 346 g/mol. The lowest BCUT2D eigenvalue weighted by Crippen LogP contribution is -2.39. The fraction of sp³-hybridized carbons (Fsp3) is 0.333. The molecule has 1 aliphatic rings. The number of benzene rings is 2. The zero-order valence-electron chi connectivity index (χ0n) is 15.0. The molecule has 0 bridgehead atoms. The second-order valence-electron chi connectivity index (χ2n) is 6.72. The molecule has 136 valence electrons. The van der Waals surface area contributed by atoms with Gasteiger partial charge in [-0.25, -0.2) is 5.43 Å². The van der Waals surface area contributed by atoms with E-state index >= 15 is 0 Å². The van der Waals surface area contributed by atoms with Crippen molar-refractivity contribution in [2.75, 3.05) is 13.1 Å². The maximum atomic E-state index is 12.4. The average Bonchev–Trinajstić information content (AvgIpc) is 2.69. The molecule has 0 radical (unpaired) electrons. The third-order valence-corrected chi connectivity index (χ3v) is 5.06. The fourth-order valence-corrected chi connectivity index (χ4v) is 3.30. The number of nitrogens with one attached hydrogen (secondary N) is 1. The Bertz CT molecular complexity index is 751. The maximum absolute atomic E-state index is 12.4. The summed E-state index contributed by atoms with van der Waals surface area (Å²) in [6, 6.07) is 17.8. The molecule has 0 aromatic heterocycles. The van der Waals surface area contributed by atoms with E-state index in [-0.39, 0.29) is 11.8 Å². The molecule has 4 nitrogen and oxygen atoms in total. The van der Waals surface area contributed by atoms with Gasteiger partial charge in [-0.05, 0) is 56.1 Å². The molecule has 0 saturated carbocycles. The van der Waals surface area contributed by atoms with Crippen LogP contribution in [0.2, 0.25) is 5.02 Å². The normalized spacial score (nSPS) is 16.5. The Morgan fingerprint density at radius 3 is 2.42 bits per heavy atom. The number of amides is 1. The van der Waals surface area contributed by atoms with Crippen molar-refractivity contribution < 1.29 is 4.79 Å². The molecule has 1 saturated heterocycles. The Morgan fingerprint density at radius 1 is 1.12 bits per heavy atom. The van der Waals surface area contributed by atoms with Crippen LogP contribution < -0.4 is 5.43 Å². The van der Waals surface area contributed by atoms with E-state index < -0.39 is 0 Å². The third-order valence-electron chi connectivity index (χ3n) is 4.80. The highest BCUT2D eigenvalue weighted by molar-refractivity contribution is 6.30. The minimum atomic E-state index is 0.0198. The number of halogens is 1. The van der Waals surface area contributed by atoms with Crippen LogP contribution in [0.15, 0.2) is 59.7 Å². The summed E-state index contributed by atoms with van der Waals surface area (Å²) in [5.41, 5.74) is 5.83. The topological polar surface area (TPSA) is 44.7 Å². The lowest BCUT2D eigenvalue weighted by Gasteiger charge is -2.30. The van der Waals surface area contributed by atoms with Gasteiger partial charge in [0.25, 0.3) is 0 Å². The van der Waals surface area contributed by atoms with E-state index in [2.05, 4.69) is 27.6 Å². The quantitative estimate of drug-likeness (QED) is 0.637. The maximum Gasteiger partial charge on any atom is 0.243 e. The second kappa shape index (κ2) is 8.97. The van der Waals surface area contributed by atoms with Gasteiger partial charge in [0.1, 0.15) is 0 Å². The Labute approximate surface area is 159 Å². The number of hydrazone groups is 1. The molecule has 0 unspecified atom stereocenters. The van der Waals surface area contributed by atoms with Gasteiger partial charge in [-0.2, -0.15) is 5.10 Å². The Hall–Kier alpha value is -2.17. The van der Waals surface area contributed by atoms with Crippen molar-refractivity contribution in [3.05, 3.63) is 70.7 Å². The van der Waals surface area contributed by atoms with Crippen LogP contribution in [0.5, 0.6) is 0 Å². The van der Waals surface area contributed by atoms with Gasteiger partial charge in [0, 0.05) is 17.5 Å². The Morgan fingerprint density at radius 2 is 1.77 bits per heavy atom. The molecule has 1 aliphatic heterocycles. The van der Waals surface area contributed by atoms with Crippen LogP contribution in [0.4, 0.5) is 0 Å². The number of hydrogen-bond acceptors (Lipinski definition) is 3. The van der Waals surface area contributed by atoms with Crippen molar-refractivity contribution in [2.24, 2.45) is 11.0 Å². The van der Waals surface area contributed by atoms with E-state index in [1.54, 1.807) is 0 Å². The number of hydrogen-bond donors (Lipinski definition) is 1. The molecule has 2 aromatic carbocycles. The lowest BCUT2D eigenvalue weighted by molar-refractivity contribution is -0.126. The second-order valence-corrected chi connectivity index (χ2v) is 7.15. The molecule has 26 heavy (non-hydrogen) atoms. The Kier molecular flexibility index (Phi) is 6.42. The largest absolute Gasteiger partial charge is 0.299 e. The van der Waals surface area contributed by atoms with E-state index in [0.717, 1.165) is 48.8 Å². The van der Waals surface area contributed by atoms with E-state index in [4.69, 9.17) is 11.6 Å². The summed E-state index contributed by atoms with van der Waals surface area (Å²) < 4.78 is 0. The molecule has 0 atom stereocenters. The minimum Gasteiger partial charge on any atom is -0.299 e. The van der Waals surface area contributed by atoms with Gasteiger partial charge in [0.05, 0.1) is 5.71 Å². The van der Waals surface area contributed by atoms with Crippen LogP contribution >= 0.6 is 11.6 Å². The van der Waals surface area contributed by atoms with E-state index in [0.29, 0.717) is 0 Å². The minimum absolute atomic E-state index is 0.0198. The summed E-state index contributed by atoms with van der Waals surface area (Å²) in [6.45, 7) is 4.64. The van der Waals surface area contributed by atoms with Crippen LogP contribution in [0.25, 0.3) is 0 Å². The van der Waals surface area contributed by atoms with Crippen LogP contribution in [0.1, 0.15) is 30.9 Å². The van der Waals surface area contributed by atoms with Crippen LogP contribution in [0.3, 0.4) is 0 Å². The highest BCUT2D eigenvalue weighted by atomic mass is 35.5. The molecule has 2 aromatic rings. The van der Waals surface area contributed by atoms with Crippen molar-refractivity contribution in [1.82, 2.24) is 10.3 Å². The number of carbonyl (C=O) groups is 1. The lowest BCUT2D eigenvalue weighted by atomic mass is 9.96. The summed E-state index contributed by atoms with van der Waals surface area (Å²) in [5.74, 6) is 0.0511. The standard InChI is InChI=1S/C21H24ClN3O/c1-16(18-5-3-2-4-6-18)23-24-21(26)19-11-13-25(14-12-19)15-17-7-9-20(22)10-8-17/h2-10,19H,11-15H2,1H3,(H,24,26)/b23-16-. The smallest absolute Gasteiger partial charge is 0.243 e. The van der Waals surface area contributed by atoms with Crippen LogP contribution in [-0.2, 0) is 11.3 Å². The molecule has 1 fully saturated rings. The predicted molar refractivity (Wildman–Crippen MR) is 106 cm³/mol. The zero-order valence-corrected chi connectivity index (χ0v) is 15.7. The molecule has 0 spiro atoms. The van der Waals surface area contributed by atoms with Gasteiger partial charge in [0.15, 0.2) is 0 Å². The SMILES string of the molecule is C/C(=N/NC(=O)C1CCN(Cc2ccc(Cl)cc2)CC1)c1ccccc1. The first-order valence-corrected chi connectivity index (χ1v) is 9.36. The van der Waals surface area contributed by atoms with Gasteiger partial charge in [-0.15, -0.1) is 0 Å². The van der Waals surface area contributed by atoms with Gasteiger partial charge < -0.3 is 0 Å². The molecule has 1 N–H and O–H groups in total. The number of piperidine rings is 1. The number of carbonyl (C=O) groups excluding carboxylic acids is 1. The molecule has 1 heterocycles. The third kappa shape index (κ3) is 5.16. The summed E-state index contributed by atoms with van der Waals surface area (Å²) >= 11 is 5.93. The molecule has 5 heteroatoms. The predicted octanol–water partition coefficient (Wildman–Crippen LogP) is 4.09. The van der Waals surface area contributed by atoms with Gasteiger partial charge in [0.2, 0.25) is 5.91 Å². The van der Waals surface area contributed by atoms with Crippen molar-refractivity contribution in [3.8, 4) is 0 Å². The van der Waals surface area contributed by atoms with Crippen molar-refractivity contribution in [3.63, 3.8) is 0 Å². The first-order chi connectivity index (χ1) is 12.6. The van der Waals surface area contributed by atoms with E-state index in [1.165, 1.54) is 5.56 Å². The summed E-state index contributed by atoms with van der Waals surface area (Å²) in [7, 11) is 0. The highest BCUT2D eigenvalue weighted by Gasteiger charge is 2.24. The van der Waals surface area contributed by atoms with E-state index in [9.17, 15) is 4.79 Å². The van der Waals surface area contributed by atoms with Gasteiger partial charge in [-0.3, -0.25) is 9.69 Å². The van der Waals surface area contributed by atoms with Gasteiger partial charge in [-0.1, -0.05) is 54.1 Å². The first kappa shape index (κ1) is 18.6. The Balaban J connectivity index is 1.47. The van der Waals surface area contributed by atoms with Crippen molar-refractivity contribution in [1.29, 1.82) is 0 Å². The fourth-order valence-electron chi connectivity index (χ4n) is 3.18. The number of nitrogens with zero attached hydrogens (tertiary/aromatic N) is 2. The summed E-state index contributed by atoms with van der Waals surface area (Å²) in [4.78, 5) is 14.8. The van der Waals surface area contributed by atoms with Gasteiger partial charge >= 0.3 is 0 Å². The molecule has 1 amide bonds. The number of rotatable bonds is 5. The van der Waals surface area contributed by atoms with Crippen molar-refractivity contribution >= 4 is 23.2 Å². The van der Waals surface area contributed by atoms with Crippen LogP contribution in [0, 0.1) is 5.92 Å². The zero-order chi connectivity index (χ0) is 18.4. The summed E-state index contributed by atoms with van der Waals surface area (Å²) in [5, 5.41) is 5.02. The van der Waals surface area contributed by atoms with Crippen molar-refractivity contribution in [2.45, 2.75) is 26.3 Å². The first-order valence-electron chi connectivity index (χ1n) is 8.98. The monoisotopic (exact) mass is 369 g/mol. The molecule has 3 rings (SSSR count). The van der Waals surface area contributed by atoms with E-state index in [1.807, 2.05) is 49.4 Å². The highest BCUT2D eigenvalue weighted by Crippen LogP contribution is 2.20.